The zero-order chi connectivity index (χ0) is 14.5. The van der Waals surface area contributed by atoms with Crippen LogP contribution in [0.3, 0.4) is 0 Å². The number of rotatable bonds is 6. The Morgan fingerprint density at radius 1 is 1.39 bits per heavy atom. The third-order valence-electron chi connectivity index (χ3n) is 2.77. The molecule has 0 aliphatic rings. The van der Waals surface area contributed by atoms with E-state index in [1.165, 1.54) is 11.8 Å². The first kappa shape index (κ1) is 16.2. The van der Waals surface area contributed by atoms with Gasteiger partial charge in [0.25, 0.3) is 0 Å². The molecule has 1 atom stereocenters. The quantitative estimate of drug-likeness (QED) is 0.630. The molecule has 1 unspecified atom stereocenters. The Kier molecular flexibility index (Phi) is 5.61. The molecule has 0 saturated heterocycles. The first-order chi connectivity index (χ1) is 8.14. The van der Waals surface area contributed by atoms with Crippen molar-refractivity contribution < 1.29 is 19.5 Å². The van der Waals surface area contributed by atoms with Crippen LogP contribution in [0.1, 0.15) is 34.1 Å². The number of primary amides is 1. The zero-order valence-electron chi connectivity index (χ0n) is 11.2. The van der Waals surface area contributed by atoms with Gasteiger partial charge in [-0.1, -0.05) is 6.92 Å². The van der Waals surface area contributed by atoms with Crippen LogP contribution in [0.2, 0.25) is 0 Å². The second kappa shape index (κ2) is 6.23. The van der Waals surface area contributed by atoms with E-state index in [2.05, 4.69) is 5.32 Å². The lowest BCUT2D eigenvalue weighted by atomic mass is 9.99. The maximum Gasteiger partial charge on any atom is 0.329 e. The SMILES string of the molecule is CCC(C)(NC(=O)N(CC(N)=O)C(C)C)C(=O)O. The summed E-state index contributed by atoms with van der Waals surface area (Å²) in [6, 6.07) is -0.872. The number of carboxylic acid groups (broad SMARTS) is 1. The predicted octanol–water partition coefficient (Wildman–Crippen LogP) is 0.145. The Morgan fingerprint density at radius 2 is 1.89 bits per heavy atom. The summed E-state index contributed by atoms with van der Waals surface area (Å²) in [4.78, 5) is 35.1. The van der Waals surface area contributed by atoms with Crippen molar-refractivity contribution in [3.8, 4) is 0 Å². The molecule has 0 rings (SSSR count). The molecule has 0 aromatic carbocycles. The van der Waals surface area contributed by atoms with Crippen LogP contribution in [0, 0.1) is 0 Å². The van der Waals surface area contributed by atoms with Crippen LogP contribution in [0.25, 0.3) is 0 Å². The fourth-order valence-electron chi connectivity index (χ4n) is 1.26. The Balaban J connectivity index is 4.90. The van der Waals surface area contributed by atoms with Gasteiger partial charge in [0.05, 0.1) is 0 Å². The highest BCUT2D eigenvalue weighted by atomic mass is 16.4. The lowest BCUT2D eigenvalue weighted by Gasteiger charge is -2.31. The van der Waals surface area contributed by atoms with Crippen molar-refractivity contribution in [1.82, 2.24) is 10.2 Å². The van der Waals surface area contributed by atoms with Gasteiger partial charge in [0.2, 0.25) is 5.91 Å². The Bertz CT molecular complexity index is 343. The van der Waals surface area contributed by atoms with Crippen molar-refractivity contribution in [2.24, 2.45) is 5.73 Å². The fraction of sp³-hybridized carbons (Fsp3) is 0.727. The van der Waals surface area contributed by atoms with E-state index in [4.69, 9.17) is 10.8 Å². The lowest BCUT2D eigenvalue weighted by molar-refractivity contribution is -0.143. The van der Waals surface area contributed by atoms with Crippen LogP contribution in [0.5, 0.6) is 0 Å². The number of aliphatic carboxylic acids is 1. The van der Waals surface area contributed by atoms with Gasteiger partial charge in [-0.15, -0.1) is 0 Å². The van der Waals surface area contributed by atoms with E-state index in [9.17, 15) is 14.4 Å². The van der Waals surface area contributed by atoms with Crippen LogP contribution in [-0.2, 0) is 9.59 Å². The number of nitrogens with zero attached hydrogens (tertiary/aromatic N) is 1. The van der Waals surface area contributed by atoms with Gasteiger partial charge in [-0.25, -0.2) is 9.59 Å². The molecule has 0 heterocycles. The first-order valence-electron chi connectivity index (χ1n) is 5.74. The number of amides is 3. The smallest absolute Gasteiger partial charge is 0.329 e. The molecule has 3 amide bonds. The standard InChI is InChI=1S/C11H21N3O4/c1-5-11(4,9(16)17)13-10(18)14(7(2)3)6-8(12)15/h7H,5-6H2,1-4H3,(H2,12,15)(H,13,18)(H,16,17). The van der Waals surface area contributed by atoms with Crippen molar-refractivity contribution in [3.63, 3.8) is 0 Å². The highest BCUT2D eigenvalue weighted by Crippen LogP contribution is 2.11. The summed E-state index contributed by atoms with van der Waals surface area (Å²) in [5, 5.41) is 11.5. The molecular weight excluding hydrogens is 238 g/mol. The maximum atomic E-state index is 11.9. The fourth-order valence-corrected chi connectivity index (χ4v) is 1.26. The minimum absolute atomic E-state index is 0.233. The van der Waals surface area contributed by atoms with Gasteiger partial charge in [0.15, 0.2) is 0 Å². The summed E-state index contributed by atoms with van der Waals surface area (Å²) < 4.78 is 0. The summed E-state index contributed by atoms with van der Waals surface area (Å²) in [6.07, 6.45) is 0.233. The predicted molar refractivity (Wildman–Crippen MR) is 65.9 cm³/mol. The highest BCUT2D eigenvalue weighted by molar-refractivity contribution is 5.88. The summed E-state index contributed by atoms with van der Waals surface area (Å²) in [7, 11) is 0. The van der Waals surface area contributed by atoms with Crippen molar-refractivity contribution in [2.45, 2.75) is 45.7 Å². The number of carboxylic acids is 1. The minimum atomic E-state index is -1.36. The highest BCUT2D eigenvalue weighted by Gasteiger charge is 2.34. The number of nitrogens with two attached hydrogens (primary N) is 1. The number of nitrogens with one attached hydrogen (secondary N) is 1. The molecule has 0 fully saturated rings. The summed E-state index contributed by atoms with van der Waals surface area (Å²) in [5.74, 6) is -1.77. The van der Waals surface area contributed by atoms with Crippen LogP contribution in [-0.4, -0.2) is 46.0 Å². The molecule has 7 nitrogen and oxygen atoms in total. The average molecular weight is 259 g/mol. The number of hydrogen-bond donors (Lipinski definition) is 3. The van der Waals surface area contributed by atoms with E-state index in [1.54, 1.807) is 20.8 Å². The second-order valence-corrected chi connectivity index (χ2v) is 4.61. The van der Waals surface area contributed by atoms with Gasteiger partial charge in [-0.2, -0.15) is 0 Å². The number of carbonyl (C=O) groups is 3. The molecule has 0 aromatic heterocycles. The van der Waals surface area contributed by atoms with Gasteiger partial charge < -0.3 is 21.1 Å². The molecule has 4 N–H and O–H groups in total. The normalized spacial score (nSPS) is 13.8. The second-order valence-electron chi connectivity index (χ2n) is 4.61. The average Bonchev–Trinajstić information content (AvgIpc) is 2.24. The monoisotopic (exact) mass is 259 g/mol. The summed E-state index contributed by atoms with van der Waals surface area (Å²) >= 11 is 0. The summed E-state index contributed by atoms with van der Waals surface area (Å²) in [5.41, 5.74) is 3.69. The minimum Gasteiger partial charge on any atom is -0.480 e. The van der Waals surface area contributed by atoms with Gasteiger partial charge in [0, 0.05) is 6.04 Å². The molecule has 7 heteroatoms. The molecule has 0 aromatic rings. The van der Waals surface area contributed by atoms with Crippen molar-refractivity contribution in [2.75, 3.05) is 6.54 Å². The van der Waals surface area contributed by atoms with Gasteiger partial charge in [-0.3, -0.25) is 4.79 Å². The van der Waals surface area contributed by atoms with Crippen molar-refractivity contribution in [3.05, 3.63) is 0 Å². The van der Waals surface area contributed by atoms with Crippen molar-refractivity contribution >= 4 is 17.9 Å². The maximum absolute atomic E-state index is 11.9. The zero-order valence-corrected chi connectivity index (χ0v) is 11.2. The van der Waals surface area contributed by atoms with E-state index >= 15 is 0 Å². The third kappa shape index (κ3) is 4.23. The Labute approximate surface area is 106 Å². The summed E-state index contributed by atoms with van der Waals surface area (Å²) in [6.45, 7) is 6.25. The molecule has 0 spiro atoms. The van der Waals surface area contributed by atoms with E-state index in [-0.39, 0.29) is 19.0 Å². The van der Waals surface area contributed by atoms with Crippen LogP contribution in [0.15, 0.2) is 0 Å². The molecule has 104 valence electrons. The van der Waals surface area contributed by atoms with Crippen LogP contribution in [0.4, 0.5) is 4.79 Å². The molecule has 0 aliphatic carbocycles. The van der Waals surface area contributed by atoms with E-state index in [0.717, 1.165) is 0 Å². The molecular formula is C11H21N3O4. The van der Waals surface area contributed by atoms with Crippen molar-refractivity contribution in [1.29, 1.82) is 0 Å². The van der Waals surface area contributed by atoms with Gasteiger partial charge >= 0.3 is 12.0 Å². The van der Waals surface area contributed by atoms with Gasteiger partial charge in [-0.05, 0) is 27.2 Å². The largest absolute Gasteiger partial charge is 0.480 e. The number of hydrogen-bond acceptors (Lipinski definition) is 3. The number of carbonyl (C=O) groups excluding carboxylic acids is 2. The molecule has 0 bridgehead atoms. The van der Waals surface area contributed by atoms with Crippen LogP contribution >= 0.6 is 0 Å². The Morgan fingerprint density at radius 3 is 2.17 bits per heavy atom. The lowest BCUT2D eigenvalue weighted by Crippen LogP contribution is -2.58. The van der Waals surface area contributed by atoms with E-state index in [0.29, 0.717) is 0 Å². The Hall–Kier alpha value is -1.79. The molecule has 0 aliphatic heterocycles. The topological polar surface area (TPSA) is 113 Å². The number of urea groups is 1. The molecule has 0 saturated carbocycles. The van der Waals surface area contributed by atoms with E-state index < -0.39 is 23.4 Å². The van der Waals surface area contributed by atoms with Gasteiger partial charge in [0.1, 0.15) is 12.1 Å². The third-order valence-corrected chi connectivity index (χ3v) is 2.77. The molecule has 18 heavy (non-hydrogen) atoms. The van der Waals surface area contributed by atoms with Crippen LogP contribution < -0.4 is 11.1 Å². The molecule has 0 radical (unpaired) electrons. The van der Waals surface area contributed by atoms with E-state index in [1.807, 2.05) is 0 Å². The first-order valence-corrected chi connectivity index (χ1v) is 5.74.